The van der Waals surface area contributed by atoms with Crippen molar-refractivity contribution in [2.75, 3.05) is 7.05 Å². The summed E-state index contributed by atoms with van der Waals surface area (Å²) in [4.78, 5) is 7.03. The van der Waals surface area contributed by atoms with Crippen molar-refractivity contribution in [3.05, 3.63) is 64.1 Å². The fraction of sp³-hybridized carbons (Fsp3) is 0.400. The predicted octanol–water partition coefficient (Wildman–Crippen LogP) is 5.45. The van der Waals surface area contributed by atoms with E-state index in [0.29, 0.717) is 12.1 Å². The minimum atomic E-state index is -0.403. The maximum absolute atomic E-state index is 13.5. The molecule has 1 fully saturated rings. The third-order valence-corrected chi connectivity index (χ3v) is 7.39. The highest BCUT2D eigenvalue weighted by molar-refractivity contribution is 5.92. The molecule has 0 N–H and O–H groups in total. The van der Waals surface area contributed by atoms with Gasteiger partial charge in [0.05, 0.1) is 5.52 Å². The van der Waals surface area contributed by atoms with E-state index in [-0.39, 0.29) is 0 Å². The van der Waals surface area contributed by atoms with Crippen molar-refractivity contribution < 1.29 is 4.39 Å². The number of fused-ring (bicyclic) bond motifs is 7. The Hall–Kier alpha value is -2.46. The van der Waals surface area contributed by atoms with E-state index >= 15 is 0 Å². The number of likely N-dealkylation sites (N-methyl/N-ethyl adjacent to an activating group) is 1. The van der Waals surface area contributed by atoms with Gasteiger partial charge in [-0.15, -0.1) is 0 Å². The van der Waals surface area contributed by atoms with Gasteiger partial charge in [-0.25, -0.2) is 4.39 Å². The van der Waals surface area contributed by atoms with E-state index < -0.39 is 6.67 Å². The van der Waals surface area contributed by atoms with Crippen LogP contribution in [0.3, 0.4) is 0 Å². The van der Waals surface area contributed by atoms with E-state index in [4.69, 9.17) is 0 Å². The third-order valence-electron chi connectivity index (χ3n) is 7.39. The van der Waals surface area contributed by atoms with E-state index in [1.54, 1.807) is 0 Å². The highest BCUT2D eigenvalue weighted by Crippen LogP contribution is 2.47. The number of benzene rings is 1. The number of nitrogens with zero attached hydrogens (tertiary/aromatic N) is 3. The Labute approximate surface area is 170 Å². The molecule has 0 saturated carbocycles. The molecular formula is C25H26FN3. The van der Waals surface area contributed by atoms with Gasteiger partial charge < -0.3 is 4.57 Å². The minimum absolute atomic E-state index is 0.403. The summed E-state index contributed by atoms with van der Waals surface area (Å²) in [6.45, 7) is 1.66. The molecular weight excluding hydrogens is 361 g/mol. The lowest BCUT2D eigenvalue weighted by Crippen LogP contribution is -2.34. The van der Waals surface area contributed by atoms with Crippen molar-refractivity contribution in [2.24, 2.45) is 0 Å². The number of halogens is 1. The summed E-state index contributed by atoms with van der Waals surface area (Å²) in [5.74, 6) is 0. The lowest BCUT2D eigenvalue weighted by Gasteiger charge is -2.32. The quantitative estimate of drug-likeness (QED) is 0.583. The molecule has 29 heavy (non-hydrogen) atoms. The van der Waals surface area contributed by atoms with Gasteiger partial charge >= 0.3 is 0 Å². The molecule has 0 radical (unpaired) electrons. The summed E-state index contributed by atoms with van der Waals surface area (Å²) in [5.41, 5.74) is 10.0. The van der Waals surface area contributed by atoms with Gasteiger partial charge in [0.1, 0.15) is 6.67 Å². The van der Waals surface area contributed by atoms with Crippen molar-refractivity contribution >= 4 is 22.7 Å². The molecule has 3 aliphatic rings. The van der Waals surface area contributed by atoms with E-state index in [1.165, 1.54) is 51.7 Å². The monoisotopic (exact) mass is 387 g/mol. The van der Waals surface area contributed by atoms with Crippen LogP contribution in [0.2, 0.25) is 0 Å². The van der Waals surface area contributed by atoms with Crippen LogP contribution in [0, 0.1) is 6.92 Å². The Balaban J connectivity index is 1.59. The SMILES string of the molecule is Cc1cc2c(cn1)CC/C2=C\n1c2c(c3cc(CF)ccc31)C1CCC(C2)N1C. The Morgan fingerprint density at radius 1 is 1.21 bits per heavy atom. The zero-order chi connectivity index (χ0) is 19.7. The maximum Gasteiger partial charge on any atom is 0.115 e. The Kier molecular flexibility index (Phi) is 3.76. The number of hydrogen-bond acceptors (Lipinski definition) is 2. The molecule has 2 aromatic heterocycles. The van der Waals surface area contributed by atoms with E-state index in [9.17, 15) is 4.39 Å². The molecule has 2 bridgehead atoms. The Bertz CT molecular complexity index is 1170. The van der Waals surface area contributed by atoms with Crippen molar-refractivity contribution in [2.45, 2.75) is 57.8 Å². The van der Waals surface area contributed by atoms with Crippen molar-refractivity contribution in [1.82, 2.24) is 14.5 Å². The molecule has 148 valence electrons. The van der Waals surface area contributed by atoms with Gasteiger partial charge in [0.2, 0.25) is 0 Å². The molecule has 0 amide bonds. The lowest BCUT2D eigenvalue weighted by molar-refractivity contribution is 0.223. The first kappa shape index (κ1) is 17.4. The number of rotatable bonds is 2. The zero-order valence-corrected chi connectivity index (χ0v) is 17.1. The molecule has 2 atom stereocenters. The van der Waals surface area contributed by atoms with Gasteiger partial charge in [-0.3, -0.25) is 9.88 Å². The molecule has 2 aliphatic heterocycles. The standard InChI is InChI=1S/C25H26FN3/c1-15-9-20-17(13-27-15)4-5-18(20)14-29-22-7-3-16(12-26)10-21(22)25-23-8-6-19(28(23)2)11-24(25)29/h3,7,9-10,13-14,19,23H,4-6,8,11-12H2,1-2H3/b18-14+. The smallest absolute Gasteiger partial charge is 0.115 e. The minimum Gasteiger partial charge on any atom is -0.320 e. The van der Waals surface area contributed by atoms with Crippen LogP contribution < -0.4 is 0 Å². The van der Waals surface area contributed by atoms with E-state index in [2.05, 4.69) is 52.8 Å². The van der Waals surface area contributed by atoms with Crippen molar-refractivity contribution in [1.29, 1.82) is 0 Å². The number of aryl methyl sites for hydroxylation is 2. The molecule has 0 spiro atoms. The van der Waals surface area contributed by atoms with Crippen LogP contribution in [0.15, 0.2) is 30.5 Å². The molecule has 6 rings (SSSR count). The highest BCUT2D eigenvalue weighted by atomic mass is 19.1. The first-order valence-electron chi connectivity index (χ1n) is 10.7. The maximum atomic E-state index is 13.5. The highest BCUT2D eigenvalue weighted by Gasteiger charge is 2.40. The summed E-state index contributed by atoms with van der Waals surface area (Å²) in [5, 5.41) is 1.24. The second-order valence-corrected chi connectivity index (χ2v) is 8.97. The predicted molar refractivity (Wildman–Crippen MR) is 115 cm³/mol. The second-order valence-electron chi connectivity index (χ2n) is 8.97. The average molecular weight is 388 g/mol. The first-order chi connectivity index (χ1) is 14.1. The second kappa shape index (κ2) is 6.27. The molecule has 3 nitrogen and oxygen atoms in total. The van der Waals surface area contributed by atoms with Crippen LogP contribution in [0.4, 0.5) is 4.39 Å². The first-order valence-corrected chi connectivity index (χ1v) is 10.7. The molecule has 4 heterocycles. The molecule has 3 aromatic rings. The van der Waals surface area contributed by atoms with Crippen LogP contribution in [0.5, 0.6) is 0 Å². The van der Waals surface area contributed by atoms with Crippen molar-refractivity contribution in [3.63, 3.8) is 0 Å². The van der Waals surface area contributed by atoms with Gasteiger partial charge in [0.25, 0.3) is 0 Å². The fourth-order valence-corrected chi connectivity index (χ4v) is 5.86. The molecule has 1 aliphatic carbocycles. The summed E-state index contributed by atoms with van der Waals surface area (Å²) >= 11 is 0. The number of allylic oxidation sites excluding steroid dienone is 1. The van der Waals surface area contributed by atoms with Gasteiger partial charge in [-0.2, -0.15) is 0 Å². The number of pyridine rings is 1. The fourth-order valence-electron chi connectivity index (χ4n) is 5.86. The van der Waals surface area contributed by atoms with Crippen LogP contribution in [0.25, 0.3) is 22.7 Å². The van der Waals surface area contributed by atoms with Gasteiger partial charge in [0, 0.05) is 47.7 Å². The zero-order valence-electron chi connectivity index (χ0n) is 17.1. The number of hydrogen-bond donors (Lipinski definition) is 0. The third kappa shape index (κ3) is 2.48. The summed E-state index contributed by atoms with van der Waals surface area (Å²) in [7, 11) is 2.26. The van der Waals surface area contributed by atoms with Crippen LogP contribution in [0.1, 0.15) is 58.9 Å². The van der Waals surface area contributed by atoms with Crippen molar-refractivity contribution in [3.8, 4) is 0 Å². The molecule has 1 aromatic carbocycles. The van der Waals surface area contributed by atoms with Gasteiger partial charge in [-0.1, -0.05) is 6.07 Å². The van der Waals surface area contributed by atoms with Gasteiger partial charge in [0.15, 0.2) is 0 Å². The molecule has 2 unspecified atom stereocenters. The molecule has 1 saturated heterocycles. The van der Waals surface area contributed by atoms with Gasteiger partial charge in [-0.05, 0) is 85.7 Å². The topological polar surface area (TPSA) is 21.1 Å². The summed E-state index contributed by atoms with van der Waals surface area (Å²) < 4.78 is 15.9. The normalized spacial score (nSPS) is 24.4. The van der Waals surface area contributed by atoms with Crippen LogP contribution in [-0.4, -0.2) is 27.5 Å². The Morgan fingerprint density at radius 2 is 2.10 bits per heavy atom. The largest absolute Gasteiger partial charge is 0.320 e. The molecule has 4 heteroatoms. The number of alkyl halides is 1. The lowest BCUT2D eigenvalue weighted by atomic mass is 9.97. The summed E-state index contributed by atoms with van der Waals surface area (Å²) in [6, 6.07) is 9.47. The van der Waals surface area contributed by atoms with E-state index in [1.807, 2.05) is 12.3 Å². The average Bonchev–Trinajstić information content (AvgIpc) is 3.33. The summed E-state index contributed by atoms with van der Waals surface area (Å²) in [6.07, 6.45) is 10.1. The Morgan fingerprint density at radius 3 is 2.97 bits per heavy atom. The van der Waals surface area contributed by atoms with E-state index in [0.717, 1.165) is 30.5 Å². The van der Waals surface area contributed by atoms with Crippen LogP contribution in [-0.2, 0) is 19.5 Å². The number of aromatic nitrogens is 2. The van der Waals surface area contributed by atoms with Crippen LogP contribution >= 0.6 is 0 Å².